The van der Waals surface area contributed by atoms with E-state index < -0.39 is 0 Å². The highest BCUT2D eigenvalue weighted by Crippen LogP contribution is 2.23. The van der Waals surface area contributed by atoms with Crippen LogP contribution in [-0.4, -0.2) is 50.2 Å². The van der Waals surface area contributed by atoms with Gasteiger partial charge in [-0.05, 0) is 57.9 Å². The van der Waals surface area contributed by atoms with E-state index in [0.717, 1.165) is 38.2 Å². The Hall–Kier alpha value is -1.79. The molecule has 0 aliphatic carbocycles. The molecule has 2 atom stereocenters. The first-order valence-electron chi connectivity index (χ1n) is 9.89. The van der Waals surface area contributed by atoms with Gasteiger partial charge < -0.3 is 20.4 Å². The summed E-state index contributed by atoms with van der Waals surface area (Å²) in [5.74, 6) is 0.0119. The molecule has 1 aromatic carbocycles. The Bertz CT molecular complexity index is 619. The number of benzene rings is 1. The Balaban J connectivity index is 1.74. The number of hydrogen-bond donors (Lipinski definition) is 3. The third-order valence-electron chi connectivity index (χ3n) is 5.14. The van der Waals surface area contributed by atoms with E-state index in [1.807, 2.05) is 19.1 Å². The van der Waals surface area contributed by atoms with Gasteiger partial charge in [0.15, 0.2) is 0 Å². The standard InChI is InChI=1S/C20H31ClN4O2/c1-4-24(5-2)12-6-7-15(3)22-20(27)23-17-13-19(26)25(14-17)18-10-8-16(21)9-11-18/h8-11,15,17H,4-7,12-14H2,1-3H3,(H2,22,23,27)/p+1/t15-,17-/m1/s1. The molecule has 0 radical (unpaired) electrons. The Morgan fingerprint density at radius 3 is 2.59 bits per heavy atom. The Labute approximate surface area is 167 Å². The van der Waals surface area contributed by atoms with Crippen molar-refractivity contribution in [1.82, 2.24) is 10.6 Å². The lowest BCUT2D eigenvalue weighted by molar-refractivity contribution is -0.896. The van der Waals surface area contributed by atoms with Crippen LogP contribution in [0.4, 0.5) is 10.5 Å². The molecule has 3 amide bonds. The predicted molar refractivity (Wildman–Crippen MR) is 109 cm³/mol. The number of carbonyl (C=O) groups excluding carboxylic acids is 2. The van der Waals surface area contributed by atoms with Gasteiger partial charge in [0, 0.05) is 29.7 Å². The number of nitrogens with zero attached hydrogens (tertiary/aromatic N) is 1. The lowest BCUT2D eigenvalue weighted by Gasteiger charge is -2.20. The van der Waals surface area contributed by atoms with Gasteiger partial charge in [-0.15, -0.1) is 0 Å². The van der Waals surface area contributed by atoms with Gasteiger partial charge in [-0.3, -0.25) is 4.79 Å². The number of urea groups is 1. The van der Waals surface area contributed by atoms with E-state index in [-0.39, 0.29) is 24.0 Å². The molecule has 0 aromatic heterocycles. The van der Waals surface area contributed by atoms with Crippen molar-refractivity contribution < 1.29 is 14.5 Å². The van der Waals surface area contributed by atoms with E-state index in [1.165, 1.54) is 0 Å². The van der Waals surface area contributed by atoms with Crippen LogP contribution in [0, 0.1) is 0 Å². The number of anilines is 1. The normalized spacial score (nSPS) is 18.0. The number of quaternary nitrogens is 1. The van der Waals surface area contributed by atoms with Gasteiger partial charge in [0.25, 0.3) is 0 Å². The monoisotopic (exact) mass is 395 g/mol. The summed E-state index contributed by atoms with van der Waals surface area (Å²) in [7, 11) is 0. The van der Waals surface area contributed by atoms with Crippen molar-refractivity contribution in [2.75, 3.05) is 31.1 Å². The molecule has 27 heavy (non-hydrogen) atoms. The molecule has 0 spiro atoms. The fourth-order valence-electron chi connectivity index (χ4n) is 3.46. The number of rotatable bonds is 9. The first-order chi connectivity index (χ1) is 12.9. The van der Waals surface area contributed by atoms with Crippen molar-refractivity contribution in [2.24, 2.45) is 0 Å². The molecule has 1 aliphatic rings. The zero-order valence-electron chi connectivity index (χ0n) is 16.6. The zero-order chi connectivity index (χ0) is 19.8. The van der Waals surface area contributed by atoms with Crippen molar-refractivity contribution in [1.29, 1.82) is 0 Å². The van der Waals surface area contributed by atoms with Crippen molar-refractivity contribution in [3.8, 4) is 0 Å². The van der Waals surface area contributed by atoms with Crippen molar-refractivity contribution in [3.05, 3.63) is 29.3 Å². The van der Waals surface area contributed by atoms with E-state index in [4.69, 9.17) is 11.6 Å². The summed E-state index contributed by atoms with van der Waals surface area (Å²) in [6.45, 7) is 10.3. The molecule has 0 saturated carbocycles. The van der Waals surface area contributed by atoms with Crippen molar-refractivity contribution >= 4 is 29.2 Å². The maximum atomic E-state index is 12.3. The van der Waals surface area contributed by atoms with Gasteiger partial charge in [-0.25, -0.2) is 4.79 Å². The summed E-state index contributed by atoms with van der Waals surface area (Å²) in [6.07, 6.45) is 2.36. The van der Waals surface area contributed by atoms with Gasteiger partial charge >= 0.3 is 6.03 Å². The molecule has 3 N–H and O–H groups in total. The molecule has 1 fully saturated rings. The topological polar surface area (TPSA) is 65.9 Å². The summed E-state index contributed by atoms with van der Waals surface area (Å²) < 4.78 is 0. The van der Waals surface area contributed by atoms with Gasteiger partial charge in [-0.2, -0.15) is 0 Å². The molecule has 1 aliphatic heterocycles. The molecule has 1 aromatic rings. The highest BCUT2D eigenvalue weighted by Gasteiger charge is 2.31. The van der Waals surface area contributed by atoms with Gasteiger partial charge in [0.2, 0.25) is 5.91 Å². The molecule has 0 unspecified atom stereocenters. The zero-order valence-corrected chi connectivity index (χ0v) is 17.3. The Kier molecular flexibility index (Phi) is 8.38. The highest BCUT2D eigenvalue weighted by atomic mass is 35.5. The molecule has 2 rings (SSSR count). The minimum absolute atomic E-state index is 0.0119. The summed E-state index contributed by atoms with van der Waals surface area (Å²) in [5.41, 5.74) is 0.807. The summed E-state index contributed by atoms with van der Waals surface area (Å²) in [4.78, 5) is 27.8. The van der Waals surface area contributed by atoms with Crippen LogP contribution in [0.1, 0.15) is 40.0 Å². The maximum Gasteiger partial charge on any atom is 0.315 e. The van der Waals surface area contributed by atoms with E-state index in [0.29, 0.717) is 18.0 Å². The maximum absolute atomic E-state index is 12.3. The van der Waals surface area contributed by atoms with Crippen molar-refractivity contribution in [2.45, 2.75) is 52.1 Å². The fraction of sp³-hybridized carbons (Fsp3) is 0.600. The van der Waals surface area contributed by atoms with Crippen LogP contribution in [0.15, 0.2) is 24.3 Å². The fourth-order valence-corrected chi connectivity index (χ4v) is 3.59. The van der Waals surface area contributed by atoms with E-state index in [9.17, 15) is 9.59 Å². The largest absolute Gasteiger partial charge is 0.336 e. The van der Waals surface area contributed by atoms with Crippen LogP contribution < -0.4 is 20.4 Å². The van der Waals surface area contributed by atoms with Crippen molar-refractivity contribution in [3.63, 3.8) is 0 Å². The molecule has 7 heteroatoms. The predicted octanol–water partition coefficient (Wildman–Crippen LogP) is 1.84. The number of carbonyl (C=O) groups is 2. The molecular formula is C20H32ClN4O2+. The van der Waals surface area contributed by atoms with Gasteiger partial charge in [0.1, 0.15) is 0 Å². The Morgan fingerprint density at radius 2 is 1.96 bits per heavy atom. The molecule has 0 bridgehead atoms. The quantitative estimate of drug-likeness (QED) is 0.597. The second-order valence-electron chi connectivity index (χ2n) is 7.25. The van der Waals surface area contributed by atoms with Crippen LogP contribution in [-0.2, 0) is 4.79 Å². The van der Waals surface area contributed by atoms with Gasteiger partial charge in [-0.1, -0.05) is 11.6 Å². The number of nitrogens with one attached hydrogen (secondary N) is 3. The van der Waals surface area contributed by atoms with Gasteiger partial charge in [0.05, 0.1) is 25.7 Å². The smallest absolute Gasteiger partial charge is 0.315 e. The first kappa shape index (κ1) is 21.5. The summed E-state index contributed by atoms with van der Waals surface area (Å²) >= 11 is 5.90. The molecule has 150 valence electrons. The SMILES string of the molecule is CC[NH+](CC)CCC[C@@H](C)NC(=O)N[C@@H]1CC(=O)N(c2ccc(Cl)cc2)C1. The number of hydrogen-bond acceptors (Lipinski definition) is 2. The van der Waals surface area contributed by atoms with Crippen LogP contribution in [0.25, 0.3) is 0 Å². The van der Waals surface area contributed by atoms with E-state index in [1.54, 1.807) is 21.9 Å². The second-order valence-corrected chi connectivity index (χ2v) is 7.69. The lowest BCUT2D eigenvalue weighted by atomic mass is 10.2. The van der Waals surface area contributed by atoms with Crippen LogP contribution >= 0.6 is 11.6 Å². The molecule has 6 nitrogen and oxygen atoms in total. The third-order valence-corrected chi connectivity index (χ3v) is 5.40. The highest BCUT2D eigenvalue weighted by molar-refractivity contribution is 6.30. The Morgan fingerprint density at radius 1 is 1.30 bits per heavy atom. The second kappa shape index (κ2) is 10.5. The van der Waals surface area contributed by atoms with Crippen LogP contribution in [0.5, 0.6) is 0 Å². The van der Waals surface area contributed by atoms with E-state index >= 15 is 0 Å². The summed E-state index contributed by atoms with van der Waals surface area (Å²) in [6, 6.07) is 6.90. The van der Waals surface area contributed by atoms with Crippen LogP contribution in [0.3, 0.4) is 0 Å². The van der Waals surface area contributed by atoms with E-state index in [2.05, 4.69) is 24.5 Å². The minimum atomic E-state index is -0.201. The average Bonchev–Trinajstić information content (AvgIpc) is 2.99. The third kappa shape index (κ3) is 6.70. The number of halogens is 1. The van der Waals surface area contributed by atoms with Crippen LogP contribution in [0.2, 0.25) is 5.02 Å². The lowest BCUT2D eigenvalue weighted by Crippen LogP contribution is -3.11. The number of amides is 3. The summed E-state index contributed by atoms with van der Waals surface area (Å²) in [5, 5.41) is 6.55. The molecule has 1 heterocycles. The first-order valence-corrected chi connectivity index (χ1v) is 10.3. The minimum Gasteiger partial charge on any atom is -0.336 e. The average molecular weight is 396 g/mol. The molecular weight excluding hydrogens is 364 g/mol. The molecule has 1 saturated heterocycles.